The molecule has 0 bridgehead atoms. The first-order valence-corrected chi connectivity index (χ1v) is 5.38. The molecule has 0 fully saturated rings. The highest BCUT2D eigenvalue weighted by atomic mass is 16.4. The largest absolute Gasteiger partial charge is 0.480 e. The van der Waals surface area contributed by atoms with Crippen LogP contribution in [0.15, 0.2) is 24.3 Å². The van der Waals surface area contributed by atoms with Crippen molar-refractivity contribution in [1.82, 2.24) is 0 Å². The number of anilines is 1. The maximum Gasteiger partial charge on any atom is 0.320 e. The summed E-state index contributed by atoms with van der Waals surface area (Å²) in [4.78, 5) is 22.0. The second-order valence-electron chi connectivity index (χ2n) is 3.16. The fourth-order valence-corrected chi connectivity index (χ4v) is 1.15. The van der Waals surface area contributed by atoms with Crippen LogP contribution in [-0.2, 0) is 4.79 Å². The number of aliphatic carboxylic acids is 1. The minimum Gasteiger partial charge on any atom is -0.480 e. The van der Waals surface area contributed by atoms with Crippen LogP contribution in [0.3, 0.4) is 0 Å². The highest BCUT2D eigenvalue weighted by Crippen LogP contribution is 2.13. The number of benzene rings is 1. The van der Waals surface area contributed by atoms with Crippen LogP contribution in [0.25, 0.3) is 0 Å². The number of para-hydroxylation sites is 1. The summed E-state index contributed by atoms with van der Waals surface area (Å²) < 4.78 is 0. The maximum absolute atomic E-state index is 11.6. The maximum atomic E-state index is 11.6. The highest BCUT2D eigenvalue weighted by molar-refractivity contribution is 6.02. The molecule has 0 saturated heterocycles. The monoisotopic (exact) mass is 254 g/mol. The van der Waals surface area contributed by atoms with Crippen molar-refractivity contribution in [2.75, 3.05) is 5.73 Å². The predicted octanol–water partition coefficient (Wildman–Crippen LogP) is 1.92. The summed E-state index contributed by atoms with van der Waals surface area (Å²) >= 11 is 0. The van der Waals surface area contributed by atoms with Gasteiger partial charge >= 0.3 is 5.97 Å². The molecule has 0 saturated carbocycles. The number of hydrogen-bond donors (Lipinski definition) is 3. The van der Waals surface area contributed by atoms with Crippen LogP contribution < -0.4 is 11.5 Å². The number of carboxylic acid groups (broad SMARTS) is 1. The molecular weight excluding hydrogens is 232 g/mol. The van der Waals surface area contributed by atoms with Crippen molar-refractivity contribution in [1.29, 1.82) is 0 Å². The number of carboxylic acids is 1. The van der Waals surface area contributed by atoms with Crippen LogP contribution in [0.5, 0.6) is 0 Å². The molecule has 0 radical (unpaired) electrons. The van der Waals surface area contributed by atoms with E-state index in [0.29, 0.717) is 11.3 Å². The van der Waals surface area contributed by atoms with Gasteiger partial charge < -0.3 is 16.6 Å². The van der Waals surface area contributed by atoms with Crippen molar-refractivity contribution in [3.8, 4) is 0 Å². The van der Waals surface area contributed by atoms with Gasteiger partial charge in [0, 0.05) is 17.7 Å². The molecule has 1 rings (SSSR count). The lowest BCUT2D eigenvalue weighted by molar-refractivity contribution is -0.138. The molecule has 0 aliphatic heterocycles. The molecule has 1 atom stereocenters. The molecule has 0 amide bonds. The van der Waals surface area contributed by atoms with Crippen LogP contribution in [0.4, 0.5) is 5.69 Å². The van der Waals surface area contributed by atoms with Gasteiger partial charge in [-0.05, 0) is 12.1 Å². The molecule has 1 aromatic carbocycles. The van der Waals surface area contributed by atoms with E-state index in [1.807, 2.05) is 13.8 Å². The zero-order valence-corrected chi connectivity index (χ0v) is 10.0. The molecule has 5 nitrogen and oxygen atoms in total. The number of rotatable bonds is 4. The quantitative estimate of drug-likeness (QED) is 0.562. The Morgan fingerprint density at radius 1 is 1.28 bits per heavy atom. The Morgan fingerprint density at radius 2 is 1.78 bits per heavy atom. The summed E-state index contributed by atoms with van der Waals surface area (Å²) in [6, 6.07) is 5.31. The third-order valence-corrected chi connectivity index (χ3v) is 1.98. The van der Waals surface area contributed by atoms with Crippen LogP contribution in [-0.4, -0.2) is 22.9 Å². The highest BCUT2D eigenvalue weighted by Gasteiger charge is 2.18. The molecule has 0 spiro atoms. The number of nitrogen functional groups attached to an aromatic ring is 1. The standard InChI is InChI=1S/C10H12N2O3.C2H6.CH4/c11-7-4-2-1-3-6(7)9(13)5-8(12)10(14)15;1-2;/h1-4,8H,5,11-12H2,(H,14,15);1-2H3;1H4. The van der Waals surface area contributed by atoms with Gasteiger partial charge in [0.05, 0.1) is 0 Å². The number of ketones is 1. The van der Waals surface area contributed by atoms with Crippen molar-refractivity contribution < 1.29 is 14.7 Å². The van der Waals surface area contributed by atoms with E-state index in [1.54, 1.807) is 24.3 Å². The van der Waals surface area contributed by atoms with E-state index in [-0.39, 0.29) is 19.6 Å². The first kappa shape index (κ1) is 18.5. The van der Waals surface area contributed by atoms with Gasteiger partial charge in [-0.2, -0.15) is 0 Å². The minimum absolute atomic E-state index is 0. The summed E-state index contributed by atoms with van der Waals surface area (Å²) in [7, 11) is 0. The molecular formula is C13H22N2O3. The third-order valence-electron chi connectivity index (χ3n) is 1.98. The Hall–Kier alpha value is -1.88. The van der Waals surface area contributed by atoms with Crippen molar-refractivity contribution in [2.24, 2.45) is 5.73 Å². The molecule has 0 aliphatic rings. The molecule has 1 aromatic rings. The van der Waals surface area contributed by atoms with Gasteiger partial charge in [0.25, 0.3) is 0 Å². The van der Waals surface area contributed by atoms with Crippen LogP contribution in [0.1, 0.15) is 38.1 Å². The molecule has 1 unspecified atom stereocenters. The number of hydrogen-bond acceptors (Lipinski definition) is 4. The number of Topliss-reactive ketones (excluding diaryl/α,β-unsaturated/α-hetero) is 1. The van der Waals surface area contributed by atoms with E-state index in [1.165, 1.54) is 0 Å². The number of carbonyl (C=O) groups excluding carboxylic acids is 1. The van der Waals surface area contributed by atoms with Crippen molar-refractivity contribution in [3.05, 3.63) is 29.8 Å². The molecule has 0 aliphatic carbocycles. The molecule has 18 heavy (non-hydrogen) atoms. The van der Waals surface area contributed by atoms with Gasteiger partial charge in [-0.1, -0.05) is 33.4 Å². The van der Waals surface area contributed by atoms with Crippen molar-refractivity contribution in [2.45, 2.75) is 33.7 Å². The van der Waals surface area contributed by atoms with Crippen LogP contribution in [0, 0.1) is 0 Å². The van der Waals surface area contributed by atoms with Gasteiger partial charge in [-0.3, -0.25) is 9.59 Å². The first-order chi connectivity index (χ1) is 8.02. The minimum atomic E-state index is -1.20. The molecule has 5 N–H and O–H groups in total. The van der Waals surface area contributed by atoms with Gasteiger partial charge in [0.15, 0.2) is 5.78 Å². The van der Waals surface area contributed by atoms with E-state index >= 15 is 0 Å². The molecule has 0 aromatic heterocycles. The lowest BCUT2D eigenvalue weighted by Crippen LogP contribution is -2.32. The zero-order chi connectivity index (χ0) is 13.4. The van der Waals surface area contributed by atoms with Crippen LogP contribution >= 0.6 is 0 Å². The number of nitrogens with two attached hydrogens (primary N) is 2. The first-order valence-electron chi connectivity index (χ1n) is 5.38. The average Bonchev–Trinajstić information content (AvgIpc) is 2.31. The second kappa shape index (κ2) is 9.18. The van der Waals surface area contributed by atoms with E-state index < -0.39 is 12.0 Å². The van der Waals surface area contributed by atoms with Crippen molar-refractivity contribution in [3.63, 3.8) is 0 Å². The van der Waals surface area contributed by atoms with E-state index in [4.69, 9.17) is 16.6 Å². The van der Waals surface area contributed by atoms with Crippen molar-refractivity contribution >= 4 is 17.4 Å². The average molecular weight is 254 g/mol. The lowest BCUT2D eigenvalue weighted by Gasteiger charge is -2.07. The van der Waals surface area contributed by atoms with Gasteiger partial charge in [-0.15, -0.1) is 0 Å². The van der Waals surface area contributed by atoms with Gasteiger partial charge in [0.2, 0.25) is 0 Å². The smallest absolute Gasteiger partial charge is 0.320 e. The molecule has 5 heteroatoms. The van der Waals surface area contributed by atoms with Gasteiger partial charge in [0.1, 0.15) is 6.04 Å². The number of carbonyl (C=O) groups is 2. The Labute approximate surface area is 108 Å². The Bertz CT molecular complexity index is 392. The second-order valence-corrected chi connectivity index (χ2v) is 3.16. The topological polar surface area (TPSA) is 106 Å². The lowest BCUT2D eigenvalue weighted by atomic mass is 10.0. The van der Waals surface area contributed by atoms with Crippen LogP contribution in [0.2, 0.25) is 0 Å². The third kappa shape index (κ3) is 5.45. The SMILES string of the molecule is C.CC.Nc1ccccc1C(=O)CC(N)C(=O)O. The predicted molar refractivity (Wildman–Crippen MR) is 73.5 cm³/mol. The zero-order valence-electron chi connectivity index (χ0n) is 10.0. The van der Waals surface area contributed by atoms with E-state index in [9.17, 15) is 9.59 Å². The van der Waals surface area contributed by atoms with E-state index in [2.05, 4.69) is 0 Å². The normalized spacial score (nSPS) is 10.4. The fourth-order valence-electron chi connectivity index (χ4n) is 1.15. The summed E-state index contributed by atoms with van der Waals surface area (Å²) in [6.07, 6.45) is -0.246. The van der Waals surface area contributed by atoms with Gasteiger partial charge in [-0.25, -0.2) is 0 Å². The molecule has 0 heterocycles. The fraction of sp³-hybridized carbons (Fsp3) is 0.385. The van der Waals surface area contributed by atoms with E-state index in [0.717, 1.165) is 0 Å². The summed E-state index contributed by atoms with van der Waals surface area (Å²) in [5.41, 5.74) is 11.5. The summed E-state index contributed by atoms with van der Waals surface area (Å²) in [5, 5.41) is 8.54. The Balaban J connectivity index is 0. The summed E-state index contributed by atoms with van der Waals surface area (Å²) in [5.74, 6) is -1.55. The molecule has 102 valence electrons. The Kier molecular flexibility index (Phi) is 9.43. The summed E-state index contributed by atoms with van der Waals surface area (Å²) in [6.45, 7) is 4.00. The Morgan fingerprint density at radius 3 is 2.22 bits per heavy atom.